The number of benzene rings is 1. The Morgan fingerprint density at radius 3 is 2.71 bits per heavy atom. The first-order chi connectivity index (χ1) is 11.2. The molecule has 0 unspecified atom stereocenters. The molecule has 3 nitrogen and oxygen atoms in total. The molecule has 1 aliphatic rings. The molecule has 1 aromatic heterocycles. The lowest BCUT2D eigenvalue weighted by Gasteiger charge is -2.24. The first-order valence-electron chi connectivity index (χ1n) is 7.42. The van der Waals surface area contributed by atoms with E-state index in [0.29, 0.717) is 35.3 Å². The number of rotatable bonds is 3. The number of aromatic nitrogens is 1. The van der Waals surface area contributed by atoms with Crippen molar-refractivity contribution in [3.05, 3.63) is 40.9 Å². The second-order valence-corrected chi connectivity index (χ2v) is 6.29. The number of nitrogens with one attached hydrogen (secondary N) is 1. The van der Waals surface area contributed by atoms with Crippen molar-refractivity contribution in [1.82, 2.24) is 9.47 Å². The summed E-state index contributed by atoms with van der Waals surface area (Å²) in [4.78, 5) is 1.86. The molecule has 0 spiro atoms. The van der Waals surface area contributed by atoms with Gasteiger partial charge in [0, 0.05) is 29.7 Å². The highest BCUT2D eigenvalue weighted by atomic mass is 35.5. The van der Waals surface area contributed by atoms with Crippen molar-refractivity contribution in [1.29, 1.82) is 0 Å². The number of nitrogens with zero attached hydrogens (tertiary/aromatic N) is 2. The van der Waals surface area contributed by atoms with E-state index in [-0.39, 0.29) is 17.5 Å². The molecule has 3 rings (SSSR count). The molecule has 1 aliphatic heterocycles. The van der Waals surface area contributed by atoms with Crippen LogP contribution in [0.1, 0.15) is 6.42 Å². The van der Waals surface area contributed by atoms with Crippen molar-refractivity contribution in [2.45, 2.75) is 19.1 Å². The van der Waals surface area contributed by atoms with Gasteiger partial charge in [-0.15, -0.1) is 0 Å². The fourth-order valence-electron chi connectivity index (χ4n) is 2.84. The summed E-state index contributed by atoms with van der Waals surface area (Å²) in [6, 6.07) is 6.37. The van der Waals surface area contributed by atoms with Gasteiger partial charge in [0.2, 0.25) is 0 Å². The molecular formula is C16H16ClF4N3. The highest BCUT2D eigenvalue weighted by molar-refractivity contribution is 6.31. The SMILES string of the molecule is CN1CCC(Nc2cccc3c2cc(Cl)n3CC(F)(F)F)=C(F)C1. The van der Waals surface area contributed by atoms with Crippen LogP contribution in [0.5, 0.6) is 0 Å². The molecule has 0 fully saturated rings. The van der Waals surface area contributed by atoms with E-state index in [2.05, 4.69) is 5.32 Å². The van der Waals surface area contributed by atoms with Gasteiger partial charge in [0.15, 0.2) is 0 Å². The zero-order valence-electron chi connectivity index (χ0n) is 12.9. The Kier molecular flexibility index (Phi) is 4.48. The highest BCUT2D eigenvalue weighted by Crippen LogP contribution is 2.33. The minimum atomic E-state index is -4.37. The van der Waals surface area contributed by atoms with Gasteiger partial charge in [-0.05, 0) is 25.2 Å². The average molecular weight is 362 g/mol. The van der Waals surface area contributed by atoms with Crippen LogP contribution < -0.4 is 5.32 Å². The smallest absolute Gasteiger partial charge is 0.356 e. The lowest BCUT2D eigenvalue weighted by Crippen LogP contribution is -2.28. The lowest BCUT2D eigenvalue weighted by atomic mass is 10.1. The molecule has 0 aliphatic carbocycles. The Morgan fingerprint density at radius 1 is 1.29 bits per heavy atom. The molecule has 24 heavy (non-hydrogen) atoms. The molecular weight excluding hydrogens is 346 g/mol. The van der Waals surface area contributed by atoms with Gasteiger partial charge in [-0.1, -0.05) is 17.7 Å². The minimum Gasteiger partial charge on any atom is -0.356 e. The van der Waals surface area contributed by atoms with Crippen LogP contribution in [0.25, 0.3) is 10.9 Å². The standard InChI is InChI=1S/C16H16ClF4N3/c1-23-6-5-13(11(18)8-23)22-12-3-2-4-14-10(12)7-15(17)24(14)9-16(19,20)21/h2-4,7,22H,5-6,8-9H2,1H3. The number of anilines is 1. The van der Waals surface area contributed by atoms with Gasteiger partial charge in [0.05, 0.1) is 12.1 Å². The Labute approximate surface area is 141 Å². The fourth-order valence-corrected chi connectivity index (χ4v) is 3.10. The van der Waals surface area contributed by atoms with Gasteiger partial charge in [0.1, 0.15) is 17.5 Å². The van der Waals surface area contributed by atoms with E-state index >= 15 is 0 Å². The molecule has 130 valence electrons. The number of likely N-dealkylation sites (N-methyl/N-ethyl adjacent to an activating group) is 1. The van der Waals surface area contributed by atoms with Crippen LogP contribution in [0.3, 0.4) is 0 Å². The van der Waals surface area contributed by atoms with Gasteiger partial charge < -0.3 is 9.88 Å². The Balaban J connectivity index is 1.98. The summed E-state index contributed by atoms with van der Waals surface area (Å²) in [5.41, 5.74) is 1.36. The molecule has 8 heteroatoms. The highest BCUT2D eigenvalue weighted by Gasteiger charge is 2.30. The predicted molar refractivity (Wildman–Crippen MR) is 86.9 cm³/mol. The molecule has 0 saturated heterocycles. The fraction of sp³-hybridized carbons (Fsp3) is 0.375. The summed E-state index contributed by atoms with van der Waals surface area (Å²) < 4.78 is 53.3. The number of halogens is 5. The lowest BCUT2D eigenvalue weighted by molar-refractivity contribution is -0.139. The van der Waals surface area contributed by atoms with Gasteiger partial charge in [-0.2, -0.15) is 13.2 Å². The molecule has 0 amide bonds. The molecule has 2 heterocycles. The third kappa shape index (κ3) is 3.52. The zero-order chi connectivity index (χ0) is 17.5. The minimum absolute atomic E-state index is 0.00518. The van der Waals surface area contributed by atoms with E-state index in [0.717, 1.165) is 4.57 Å². The van der Waals surface area contributed by atoms with E-state index < -0.39 is 12.7 Å². The Hall–Kier alpha value is -1.73. The first-order valence-corrected chi connectivity index (χ1v) is 7.80. The molecule has 1 N–H and O–H groups in total. The molecule has 0 radical (unpaired) electrons. The maximum absolute atomic E-state index is 14.1. The molecule has 0 bridgehead atoms. The predicted octanol–water partition coefficient (Wildman–Crippen LogP) is 4.79. The second kappa shape index (κ2) is 6.29. The summed E-state index contributed by atoms with van der Waals surface area (Å²) in [5.74, 6) is -0.262. The van der Waals surface area contributed by atoms with E-state index in [1.165, 1.54) is 6.07 Å². The number of alkyl halides is 3. The van der Waals surface area contributed by atoms with Crippen LogP contribution in [-0.4, -0.2) is 35.8 Å². The molecule has 2 aromatic rings. The second-order valence-electron chi connectivity index (χ2n) is 5.90. The van der Waals surface area contributed by atoms with Crippen molar-refractivity contribution in [3.8, 4) is 0 Å². The van der Waals surface area contributed by atoms with Gasteiger partial charge in [-0.25, -0.2) is 4.39 Å². The van der Waals surface area contributed by atoms with E-state index in [1.807, 2.05) is 11.9 Å². The quantitative estimate of drug-likeness (QED) is 0.793. The van der Waals surface area contributed by atoms with Crippen molar-refractivity contribution < 1.29 is 17.6 Å². The largest absolute Gasteiger partial charge is 0.406 e. The van der Waals surface area contributed by atoms with Gasteiger partial charge in [-0.3, -0.25) is 4.90 Å². The third-order valence-corrected chi connectivity index (χ3v) is 4.31. The van der Waals surface area contributed by atoms with E-state index in [4.69, 9.17) is 11.6 Å². The summed E-state index contributed by atoms with van der Waals surface area (Å²) in [6.45, 7) is -0.240. The van der Waals surface area contributed by atoms with Crippen LogP contribution in [0.15, 0.2) is 35.8 Å². The average Bonchev–Trinajstić information content (AvgIpc) is 2.78. The molecule has 0 saturated carbocycles. The van der Waals surface area contributed by atoms with Crippen LogP contribution in [0.4, 0.5) is 23.2 Å². The van der Waals surface area contributed by atoms with Gasteiger partial charge in [0.25, 0.3) is 0 Å². The third-order valence-electron chi connectivity index (χ3n) is 4.00. The summed E-state index contributed by atoms with van der Waals surface area (Å²) in [5, 5.41) is 3.55. The van der Waals surface area contributed by atoms with Crippen LogP contribution >= 0.6 is 11.6 Å². The summed E-state index contributed by atoms with van der Waals surface area (Å²) in [7, 11) is 1.83. The first kappa shape index (κ1) is 17.1. The van der Waals surface area contributed by atoms with Crippen molar-refractivity contribution in [2.75, 3.05) is 25.5 Å². The molecule has 1 aromatic carbocycles. The zero-order valence-corrected chi connectivity index (χ0v) is 13.7. The number of hydrogen-bond acceptors (Lipinski definition) is 2. The number of fused-ring (bicyclic) bond motifs is 1. The monoisotopic (exact) mass is 361 g/mol. The maximum Gasteiger partial charge on any atom is 0.406 e. The molecule has 0 atom stereocenters. The van der Waals surface area contributed by atoms with Crippen LogP contribution in [0.2, 0.25) is 5.15 Å². The van der Waals surface area contributed by atoms with E-state index in [9.17, 15) is 17.6 Å². The Bertz CT molecular complexity index is 794. The number of hydrogen-bond donors (Lipinski definition) is 1. The Morgan fingerprint density at radius 2 is 2.04 bits per heavy atom. The van der Waals surface area contributed by atoms with Crippen molar-refractivity contribution in [3.63, 3.8) is 0 Å². The normalized spacial score (nSPS) is 16.9. The van der Waals surface area contributed by atoms with Crippen molar-refractivity contribution in [2.24, 2.45) is 0 Å². The summed E-state index contributed by atoms with van der Waals surface area (Å²) >= 11 is 5.98. The van der Waals surface area contributed by atoms with Crippen LogP contribution in [-0.2, 0) is 6.54 Å². The van der Waals surface area contributed by atoms with E-state index in [1.54, 1.807) is 18.2 Å². The maximum atomic E-state index is 14.1. The summed E-state index contributed by atoms with van der Waals surface area (Å²) in [6.07, 6.45) is -3.86. The van der Waals surface area contributed by atoms with Gasteiger partial charge >= 0.3 is 6.18 Å². The topological polar surface area (TPSA) is 20.2 Å². The van der Waals surface area contributed by atoms with Crippen LogP contribution in [0, 0.1) is 0 Å². The van der Waals surface area contributed by atoms with Crippen molar-refractivity contribution >= 4 is 28.2 Å².